The summed E-state index contributed by atoms with van der Waals surface area (Å²) in [5.74, 6) is -1.28. The second-order valence-corrected chi connectivity index (χ2v) is 7.57. The van der Waals surface area contributed by atoms with Gasteiger partial charge in [-0.05, 0) is 37.3 Å². The Hall–Kier alpha value is -4.61. The van der Waals surface area contributed by atoms with E-state index in [4.69, 9.17) is 14.0 Å². The molecular formula is C24H18F3N3O6. The number of methoxy groups -OCH3 is 1. The van der Waals surface area contributed by atoms with Crippen molar-refractivity contribution < 1.29 is 36.8 Å². The first-order valence-electron chi connectivity index (χ1n) is 10.4. The van der Waals surface area contributed by atoms with Crippen LogP contribution in [0.3, 0.4) is 0 Å². The predicted octanol–water partition coefficient (Wildman–Crippen LogP) is 4.23. The number of alkyl halides is 3. The first-order valence-corrected chi connectivity index (χ1v) is 10.4. The molecule has 0 saturated carbocycles. The summed E-state index contributed by atoms with van der Waals surface area (Å²) in [6.07, 6.45) is -4.74. The van der Waals surface area contributed by atoms with E-state index in [1.807, 2.05) is 0 Å². The molecule has 2 heterocycles. The molecule has 0 unspecified atom stereocenters. The van der Waals surface area contributed by atoms with Gasteiger partial charge in [-0.1, -0.05) is 12.1 Å². The van der Waals surface area contributed by atoms with Gasteiger partial charge in [-0.2, -0.15) is 13.2 Å². The molecule has 9 nitrogen and oxygen atoms in total. The molecule has 0 bridgehead atoms. The molecule has 0 atom stereocenters. The number of halogens is 3. The summed E-state index contributed by atoms with van der Waals surface area (Å²) < 4.78 is 56.5. The zero-order valence-corrected chi connectivity index (χ0v) is 18.9. The Balaban J connectivity index is 1.54. The van der Waals surface area contributed by atoms with E-state index in [-0.39, 0.29) is 34.9 Å². The van der Waals surface area contributed by atoms with Crippen molar-refractivity contribution in [3.8, 4) is 5.75 Å². The molecule has 2 aromatic carbocycles. The average Bonchev–Trinajstić information content (AvgIpc) is 3.22. The van der Waals surface area contributed by atoms with Gasteiger partial charge in [-0.25, -0.2) is 9.78 Å². The zero-order valence-electron chi connectivity index (χ0n) is 18.9. The minimum Gasteiger partial charge on any atom is -0.495 e. The van der Waals surface area contributed by atoms with Crippen LogP contribution >= 0.6 is 0 Å². The maximum absolute atomic E-state index is 13.3. The Morgan fingerprint density at radius 3 is 2.58 bits per heavy atom. The third-order valence-corrected chi connectivity index (χ3v) is 5.04. The third-order valence-electron chi connectivity index (χ3n) is 5.04. The molecule has 0 aliphatic carbocycles. The average molecular weight is 501 g/mol. The highest BCUT2D eigenvalue weighted by atomic mass is 19.4. The van der Waals surface area contributed by atoms with Gasteiger partial charge >= 0.3 is 12.1 Å². The van der Waals surface area contributed by atoms with Crippen LogP contribution in [0.1, 0.15) is 37.7 Å². The first-order chi connectivity index (χ1) is 17.1. The maximum Gasteiger partial charge on any atom is 0.417 e. The van der Waals surface area contributed by atoms with Crippen molar-refractivity contribution in [1.29, 1.82) is 0 Å². The number of nitrogens with one attached hydrogen (secondary N) is 1. The van der Waals surface area contributed by atoms with Crippen molar-refractivity contribution >= 4 is 23.2 Å². The van der Waals surface area contributed by atoms with Gasteiger partial charge in [0.2, 0.25) is 0 Å². The lowest BCUT2D eigenvalue weighted by molar-refractivity contribution is -0.137. The molecule has 0 spiro atoms. The number of ether oxygens (including phenoxy) is 2. The summed E-state index contributed by atoms with van der Waals surface area (Å²) in [4.78, 5) is 41.6. The van der Waals surface area contributed by atoms with Crippen LogP contribution < -0.4 is 15.6 Å². The lowest BCUT2D eigenvalue weighted by Gasteiger charge is -2.15. The number of hydrogen-bond donors (Lipinski definition) is 1. The van der Waals surface area contributed by atoms with E-state index in [0.29, 0.717) is 5.76 Å². The maximum atomic E-state index is 13.3. The lowest BCUT2D eigenvalue weighted by Crippen LogP contribution is -2.19. The van der Waals surface area contributed by atoms with Gasteiger partial charge in [-0.3, -0.25) is 9.59 Å². The second-order valence-electron chi connectivity index (χ2n) is 7.57. The smallest absolute Gasteiger partial charge is 0.417 e. The zero-order chi connectivity index (χ0) is 26.0. The number of hydrogen-bond acceptors (Lipinski definition) is 7. The largest absolute Gasteiger partial charge is 0.495 e. The van der Waals surface area contributed by atoms with E-state index in [2.05, 4.69) is 10.3 Å². The number of fused-ring (bicyclic) bond motifs is 1. The number of rotatable bonds is 6. The van der Waals surface area contributed by atoms with Crippen LogP contribution in [0, 0.1) is 6.92 Å². The van der Waals surface area contributed by atoms with Crippen LogP contribution in [-0.2, 0) is 17.5 Å². The van der Waals surface area contributed by atoms with Crippen LogP contribution in [0.25, 0.3) is 5.65 Å². The van der Waals surface area contributed by atoms with Gasteiger partial charge in [0.05, 0.1) is 35.2 Å². The molecule has 4 aromatic rings. The number of aromatic nitrogens is 2. The number of carbonyl (C=O) groups is 2. The molecule has 36 heavy (non-hydrogen) atoms. The Bertz CT molecular complexity index is 1520. The number of anilines is 1. The number of amides is 1. The molecule has 0 aliphatic heterocycles. The predicted molar refractivity (Wildman–Crippen MR) is 120 cm³/mol. The SMILES string of the molecule is COc1ccc(C(=O)OCc2cc(=O)n3oc(C)cc3n2)cc1NC(=O)c1ccccc1C(F)(F)F. The molecule has 0 radical (unpaired) electrons. The van der Waals surface area contributed by atoms with E-state index in [0.717, 1.165) is 22.8 Å². The Morgan fingerprint density at radius 1 is 1.11 bits per heavy atom. The van der Waals surface area contributed by atoms with Crippen molar-refractivity contribution in [2.45, 2.75) is 19.7 Å². The fourth-order valence-electron chi connectivity index (χ4n) is 3.42. The Labute approximate surface area is 201 Å². The molecule has 0 fully saturated rings. The molecule has 12 heteroatoms. The molecule has 1 amide bonds. The van der Waals surface area contributed by atoms with Crippen molar-refractivity contribution in [1.82, 2.24) is 9.56 Å². The molecule has 0 saturated heterocycles. The standard InChI is InChI=1S/C24H18F3N3O6/c1-13-9-20-28-15(11-21(31)30(20)36-13)12-35-23(33)14-7-8-19(34-2)18(10-14)29-22(32)16-5-3-4-6-17(16)24(25,26)27/h3-11H,12H2,1-2H3,(H,29,32). The summed E-state index contributed by atoms with van der Waals surface area (Å²) in [6.45, 7) is 1.32. The van der Waals surface area contributed by atoms with Crippen molar-refractivity contribution in [3.63, 3.8) is 0 Å². The number of benzene rings is 2. The van der Waals surface area contributed by atoms with E-state index in [9.17, 15) is 27.6 Å². The molecular weight excluding hydrogens is 483 g/mol. The summed E-state index contributed by atoms with van der Waals surface area (Å²) >= 11 is 0. The van der Waals surface area contributed by atoms with E-state index in [1.165, 1.54) is 37.4 Å². The number of carbonyl (C=O) groups excluding carboxylic acids is 2. The monoisotopic (exact) mass is 501 g/mol. The first kappa shape index (κ1) is 24.5. The van der Waals surface area contributed by atoms with Crippen LogP contribution in [-0.4, -0.2) is 28.5 Å². The topological polar surface area (TPSA) is 112 Å². The highest BCUT2D eigenvalue weighted by molar-refractivity contribution is 6.06. The van der Waals surface area contributed by atoms with Gasteiger partial charge in [0.15, 0.2) is 5.65 Å². The van der Waals surface area contributed by atoms with Crippen molar-refractivity contribution in [2.24, 2.45) is 0 Å². The highest BCUT2D eigenvalue weighted by Crippen LogP contribution is 2.33. The Morgan fingerprint density at radius 2 is 1.86 bits per heavy atom. The summed E-state index contributed by atoms with van der Waals surface area (Å²) in [5, 5.41) is 2.35. The molecule has 4 rings (SSSR count). The van der Waals surface area contributed by atoms with Crippen LogP contribution in [0.15, 0.2) is 63.9 Å². The molecule has 186 valence electrons. The number of aryl methyl sites for hydroxylation is 1. The third kappa shape index (κ3) is 5.06. The lowest BCUT2D eigenvalue weighted by atomic mass is 10.1. The van der Waals surface area contributed by atoms with Gasteiger partial charge < -0.3 is 19.3 Å². The van der Waals surface area contributed by atoms with Crippen molar-refractivity contribution in [3.05, 3.63) is 93.1 Å². The summed E-state index contributed by atoms with van der Waals surface area (Å²) in [5.41, 5.74) is -1.83. The quantitative estimate of drug-likeness (QED) is 0.394. The summed E-state index contributed by atoms with van der Waals surface area (Å²) in [7, 11) is 1.30. The highest BCUT2D eigenvalue weighted by Gasteiger charge is 2.35. The second kappa shape index (κ2) is 9.56. The fraction of sp³-hybridized carbons (Fsp3) is 0.167. The normalized spacial score (nSPS) is 11.4. The van der Waals surface area contributed by atoms with E-state index >= 15 is 0 Å². The van der Waals surface area contributed by atoms with Crippen LogP contribution in [0.2, 0.25) is 0 Å². The van der Waals surface area contributed by atoms with Crippen LogP contribution in [0.4, 0.5) is 18.9 Å². The van der Waals surface area contributed by atoms with Gasteiger partial charge in [0.1, 0.15) is 18.1 Å². The van der Waals surface area contributed by atoms with Gasteiger partial charge in [0.25, 0.3) is 11.5 Å². The minimum absolute atomic E-state index is 0.0211. The number of esters is 1. The molecule has 1 N–H and O–H groups in total. The van der Waals surface area contributed by atoms with Gasteiger partial charge in [0, 0.05) is 12.1 Å². The van der Waals surface area contributed by atoms with E-state index in [1.54, 1.807) is 13.0 Å². The fourth-order valence-corrected chi connectivity index (χ4v) is 3.42. The minimum atomic E-state index is -4.74. The summed E-state index contributed by atoms with van der Waals surface area (Å²) in [6, 6.07) is 10.9. The van der Waals surface area contributed by atoms with Gasteiger partial charge in [-0.15, -0.1) is 4.57 Å². The van der Waals surface area contributed by atoms with E-state index < -0.39 is 34.7 Å². The Kier molecular flexibility index (Phi) is 6.51. The van der Waals surface area contributed by atoms with Crippen molar-refractivity contribution in [2.75, 3.05) is 12.4 Å². The number of nitrogens with zero attached hydrogens (tertiary/aromatic N) is 2. The molecule has 0 aliphatic rings. The van der Waals surface area contributed by atoms with Crippen LogP contribution in [0.5, 0.6) is 5.75 Å². The molecule has 2 aromatic heterocycles.